The van der Waals surface area contributed by atoms with Gasteiger partial charge in [0.25, 0.3) is 5.91 Å². The van der Waals surface area contributed by atoms with Crippen LogP contribution in [0.4, 0.5) is 4.39 Å². The maximum absolute atomic E-state index is 12.7. The minimum absolute atomic E-state index is 0.0146. The van der Waals surface area contributed by atoms with Gasteiger partial charge in [-0.1, -0.05) is 35.5 Å². The molecule has 3 rings (SSSR count). The summed E-state index contributed by atoms with van der Waals surface area (Å²) in [4.78, 5) is 11.7. The molecule has 1 amide bonds. The van der Waals surface area contributed by atoms with E-state index in [2.05, 4.69) is 20.7 Å². The van der Waals surface area contributed by atoms with E-state index in [0.717, 1.165) is 11.6 Å². The number of hydrogen-bond acceptors (Lipinski definition) is 4. The van der Waals surface area contributed by atoms with Crippen LogP contribution in [0.1, 0.15) is 16.2 Å². The molecule has 21 heavy (non-hydrogen) atoms. The molecule has 3 aromatic rings. The second-order valence-electron chi connectivity index (χ2n) is 4.33. The Morgan fingerprint density at radius 3 is 2.81 bits per heavy atom. The van der Waals surface area contributed by atoms with Gasteiger partial charge in [0.05, 0.1) is 6.54 Å². The van der Waals surface area contributed by atoms with Gasteiger partial charge < -0.3 is 9.84 Å². The fourth-order valence-electron chi connectivity index (χ4n) is 1.81. The Kier molecular flexibility index (Phi) is 3.46. The Balaban J connectivity index is 1.64. The van der Waals surface area contributed by atoms with Crippen LogP contribution in [0.3, 0.4) is 0 Å². The first-order valence-electron chi connectivity index (χ1n) is 6.22. The van der Waals surface area contributed by atoms with E-state index in [1.165, 1.54) is 0 Å². The van der Waals surface area contributed by atoms with Gasteiger partial charge in [-0.15, -0.1) is 0 Å². The van der Waals surface area contributed by atoms with Crippen molar-refractivity contribution in [1.29, 1.82) is 0 Å². The van der Waals surface area contributed by atoms with Crippen molar-refractivity contribution in [3.8, 4) is 11.3 Å². The Labute approximate surface area is 119 Å². The van der Waals surface area contributed by atoms with Gasteiger partial charge >= 0.3 is 0 Å². The van der Waals surface area contributed by atoms with Gasteiger partial charge in [-0.25, -0.2) is 0 Å². The Morgan fingerprint density at radius 1 is 1.29 bits per heavy atom. The van der Waals surface area contributed by atoms with Crippen LogP contribution < -0.4 is 5.32 Å². The number of aromatic amines is 1. The molecule has 7 heteroatoms. The van der Waals surface area contributed by atoms with Gasteiger partial charge in [0, 0.05) is 17.7 Å². The van der Waals surface area contributed by atoms with E-state index in [-0.39, 0.29) is 12.2 Å². The lowest BCUT2D eigenvalue weighted by Crippen LogP contribution is -2.23. The van der Waals surface area contributed by atoms with Crippen LogP contribution in [0.2, 0.25) is 0 Å². The number of benzene rings is 1. The van der Waals surface area contributed by atoms with E-state index in [9.17, 15) is 9.18 Å². The van der Waals surface area contributed by atoms with Crippen LogP contribution in [-0.2, 0) is 6.54 Å². The highest BCUT2D eigenvalue weighted by molar-refractivity contribution is 5.92. The molecule has 0 saturated heterocycles. The van der Waals surface area contributed by atoms with E-state index in [0.29, 0.717) is 11.5 Å². The molecule has 0 spiro atoms. The summed E-state index contributed by atoms with van der Waals surface area (Å²) in [6.45, 7) is 0.170. The molecule has 0 fully saturated rings. The Hall–Kier alpha value is -2.96. The highest BCUT2D eigenvalue weighted by atomic mass is 19.1. The number of amides is 1. The molecule has 6 nitrogen and oxygen atoms in total. The van der Waals surface area contributed by atoms with Crippen molar-refractivity contribution in [2.24, 2.45) is 0 Å². The van der Waals surface area contributed by atoms with Crippen molar-refractivity contribution < 1.29 is 13.7 Å². The summed E-state index contributed by atoms with van der Waals surface area (Å²) in [5.74, 6) is -0.530. The molecule has 0 aliphatic carbocycles. The third kappa shape index (κ3) is 2.97. The molecule has 0 radical (unpaired) electrons. The minimum Gasteiger partial charge on any atom is -0.356 e. The lowest BCUT2D eigenvalue weighted by Gasteiger charge is -1.98. The topological polar surface area (TPSA) is 83.8 Å². The summed E-state index contributed by atoms with van der Waals surface area (Å²) in [5, 5.41) is 12.0. The predicted octanol–water partition coefficient (Wildman–Crippen LogP) is 2.13. The number of carbonyl (C=O) groups is 1. The van der Waals surface area contributed by atoms with Gasteiger partial charge in [0.2, 0.25) is 5.95 Å². The zero-order valence-electron chi connectivity index (χ0n) is 10.8. The molecule has 0 saturated carbocycles. The van der Waals surface area contributed by atoms with Crippen LogP contribution in [-0.4, -0.2) is 21.3 Å². The Bertz CT molecular complexity index is 751. The summed E-state index contributed by atoms with van der Waals surface area (Å²) in [5.41, 5.74) is 1.45. The third-order valence-electron chi connectivity index (χ3n) is 2.83. The number of hydrogen-bond donors (Lipinski definition) is 2. The average molecular weight is 286 g/mol. The van der Waals surface area contributed by atoms with Crippen molar-refractivity contribution in [3.63, 3.8) is 0 Å². The average Bonchev–Trinajstić information content (AvgIpc) is 3.15. The number of nitrogens with zero attached hydrogens (tertiary/aromatic N) is 2. The van der Waals surface area contributed by atoms with Gasteiger partial charge in [-0.3, -0.25) is 9.89 Å². The molecule has 0 bridgehead atoms. The highest BCUT2D eigenvalue weighted by Crippen LogP contribution is 2.19. The van der Waals surface area contributed by atoms with E-state index in [1.807, 2.05) is 30.3 Å². The first kappa shape index (κ1) is 13.0. The number of H-pyrrole nitrogens is 1. The van der Waals surface area contributed by atoms with E-state index in [4.69, 9.17) is 4.52 Å². The number of carbonyl (C=O) groups excluding carboxylic acids is 1. The maximum Gasteiger partial charge on any atom is 0.272 e. The van der Waals surface area contributed by atoms with E-state index >= 15 is 0 Å². The molecule has 2 aromatic heterocycles. The molecule has 106 valence electrons. The number of nitrogens with one attached hydrogen (secondary N) is 2. The summed E-state index contributed by atoms with van der Waals surface area (Å²) in [6, 6.07) is 12.2. The normalized spacial score (nSPS) is 10.5. The van der Waals surface area contributed by atoms with Crippen molar-refractivity contribution >= 4 is 5.91 Å². The summed E-state index contributed by atoms with van der Waals surface area (Å²) in [6.07, 6.45) is 0. The highest BCUT2D eigenvalue weighted by Gasteiger charge is 2.12. The Morgan fingerprint density at radius 2 is 2.10 bits per heavy atom. The number of aromatic nitrogens is 3. The summed E-state index contributed by atoms with van der Waals surface area (Å²) in [7, 11) is 0. The molecule has 2 N–H and O–H groups in total. The monoisotopic (exact) mass is 286 g/mol. The fourth-order valence-corrected chi connectivity index (χ4v) is 1.81. The smallest absolute Gasteiger partial charge is 0.272 e. The fraction of sp³-hybridized carbons (Fsp3) is 0.0714. The lowest BCUT2D eigenvalue weighted by atomic mass is 10.2. The zero-order chi connectivity index (χ0) is 14.7. The van der Waals surface area contributed by atoms with Crippen molar-refractivity contribution in [2.45, 2.75) is 6.54 Å². The van der Waals surface area contributed by atoms with Gasteiger partial charge in [0.15, 0.2) is 11.5 Å². The first-order chi connectivity index (χ1) is 10.2. The molecular weight excluding hydrogens is 275 g/mol. The molecular formula is C14H11FN4O2. The second-order valence-corrected chi connectivity index (χ2v) is 4.33. The maximum atomic E-state index is 12.7. The second kappa shape index (κ2) is 5.58. The van der Waals surface area contributed by atoms with Crippen LogP contribution in [0.15, 0.2) is 47.0 Å². The minimum atomic E-state index is -0.659. The third-order valence-corrected chi connectivity index (χ3v) is 2.83. The van der Waals surface area contributed by atoms with Crippen LogP contribution in [0.25, 0.3) is 11.3 Å². The number of rotatable bonds is 4. The predicted molar refractivity (Wildman–Crippen MR) is 71.7 cm³/mol. The van der Waals surface area contributed by atoms with E-state index < -0.39 is 11.9 Å². The van der Waals surface area contributed by atoms with Gasteiger partial charge in [0.1, 0.15) is 5.69 Å². The SMILES string of the molecule is O=C(NCc1cc(-c2ccccc2)on1)c1cc(F)[nH]n1. The molecule has 0 aliphatic heterocycles. The van der Waals surface area contributed by atoms with Crippen LogP contribution >= 0.6 is 0 Å². The quantitative estimate of drug-likeness (QED) is 0.769. The van der Waals surface area contributed by atoms with Crippen LogP contribution in [0.5, 0.6) is 0 Å². The van der Waals surface area contributed by atoms with Gasteiger partial charge in [-0.2, -0.15) is 9.49 Å². The molecule has 0 aliphatic rings. The largest absolute Gasteiger partial charge is 0.356 e. The van der Waals surface area contributed by atoms with Crippen molar-refractivity contribution in [2.75, 3.05) is 0 Å². The molecule has 2 heterocycles. The first-order valence-corrected chi connectivity index (χ1v) is 6.22. The van der Waals surface area contributed by atoms with E-state index in [1.54, 1.807) is 6.07 Å². The van der Waals surface area contributed by atoms with Crippen molar-refractivity contribution in [3.05, 3.63) is 59.8 Å². The summed E-state index contributed by atoms with van der Waals surface area (Å²) < 4.78 is 17.9. The zero-order valence-corrected chi connectivity index (χ0v) is 10.8. The molecule has 1 aromatic carbocycles. The van der Waals surface area contributed by atoms with Gasteiger partial charge in [-0.05, 0) is 0 Å². The number of halogens is 1. The summed E-state index contributed by atoms with van der Waals surface area (Å²) >= 11 is 0. The van der Waals surface area contributed by atoms with Crippen molar-refractivity contribution in [1.82, 2.24) is 20.7 Å². The molecule has 0 atom stereocenters. The molecule has 0 unspecified atom stereocenters. The lowest BCUT2D eigenvalue weighted by molar-refractivity contribution is 0.0945. The standard InChI is InChI=1S/C14H11FN4O2/c15-13-7-11(17-18-13)14(20)16-8-10-6-12(21-19-10)9-4-2-1-3-5-9/h1-7H,8H2,(H,16,20)(H,17,18). The van der Waals surface area contributed by atoms with Crippen LogP contribution in [0, 0.1) is 5.95 Å².